The van der Waals surface area contributed by atoms with Crippen LogP contribution in [-0.2, 0) is 19.5 Å². The van der Waals surface area contributed by atoms with Gasteiger partial charge in [-0.1, -0.05) is 0 Å². The van der Waals surface area contributed by atoms with Gasteiger partial charge in [0.25, 0.3) is 5.56 Å². The lowest BCUT2D eigenvalue weighted by Crippen LogP contribution is -2.35. The zero-order chi connectivity index (χ0) is 20.5. The number of fused-ring (bicyclic) bond motifs is 2. The Hall–Kier alpha value is -3.39. The molecule has 4 heterocycles. The number of benzene rings is 1. The van der Waals surface area contributed by atoms with E-state index in [1.165, 1.54) is 0 Å². The van der Waals surface area contributed by atoms with Crippen LogP contribution in [0.15, 0.2) is 41.5 Å². The van der Waals surface area contributed by atoms with Crippen molar-refractivity contribution in [2.45, 2.75) is 26.4 Å². The minimum atomic E-state index is -0.0726. The van der Waals surface area contributed by atoms with E-state index < -0.39 is 0 Å². The van der Waals surface area contributed by atoms with E-state index in [2.05, 4.69) is 14.9 Å². The van der Waals surface area contributed by atoms with Gasteiger partial charge in [0.1, 0.15) is 11.6 Å². The first kappa shape index (κ1) is 18.6. The molecule has 154 valence electrons. The monoisotopic (exact) mass is 406 g/mol. The number of ether oxygens (including phenoxy) is 3. The Morgan fingerprint density at radius 1 is 1.27 bits per heavy atom. The Morgan fingerprint density at radius 3 is 2.93 bits per heavy atom. The van der Waals surface area contributed by atoms with E-state index in [0.29, 0.717) is 37.7 Å². The van der Waals surface area contributed by atoms with Gasteiger partial charge >= 0.3 is 0 Å². The van der Waals surface area contributed by atoms with Crippen LogP contribution < -0.4 is 19.8 Å². The summed E-state index contributed by atoms with van der Waals surface area (Å²) in [5.41, 5.74) is 3.32. The van der Waals surface area contributed by atoms with Crippen LogP contribution in [0.2, 0.25) is 0 Å². The fourth-order valence-corrected chi connectivity index (χ4v) is 3.89. The van der Waals surface area contributed by atoms with Crippen molar-refractivity contribution < 1.29 is 14.2 Å². The molecule has 0 amide bonds. The van der Waals surface area contributed by atoms with E-state index >= 15 is 0 Å². The average Bonchev–Trinajstić information content (AvgIpc) is 3.22. The van der Waals surface area contributed by atoms with Gasteiger partial charge in [-0.2, -0.15) is 0 Å². The van der Waals surface area contributed by atoms with Gasteiger partial charge < -0.3 is 19.2 Å². The number of rotatable bonds is 5. The van der Waals surface area contributed by atoms with Crippen molar-refractivity contribution in [3.05, 3.63) is 63.8 Å². The topological polar surface area (TPSA) is 89.6 Å². The van der Waals surface area contributed by atoms with Gasteiger partial charge in [-0.25, -0.2) is 4.98 Å². The van der Waals surface area contributed by atoms with Gasteiger partial charge in [0.05, 0.1) is 12.3 Å². The van der Waals surface area contributed by atoms with Crippen LogP contribution in [0.1, 0.15) is 23.7 Å². The van der Waals surface area contributed by atoms with Crippen LogP contribution in [0, 0.1) is 0 Å². The Kier molecular flexibility index (Phi) is 4.84. The smallest absolute Gasteiger partial charge is 0.254 e. The van der Waals surface area contributed by atoms with E-state index in [9.17, 15) is 4.79 Å². The summed E-state index contributed by atoms with van der Waals surface area (Å²) in [5.74, 6) is 2.79. The van der Waals surface area contributed by atoms with Crippen molar-refractivity contribution >= 4 is 0 Å². The molecule has 0 bridgehead atoms. The lowest BCUT2D eigenvalue weighted by Gasteiger charge is -2.28. The summed E-state index contributed by atoms with van der Waals surface area (Å²) in [5, 5.41) is 0. The van der Waals surface area contributed by atoms with Gasteiger partial charge in [0.15, 0.2) is 11.5 Å². The Balaban J connectivity index is 1.42. The highest BCUT2D eigenvalue weighted by atomic mass is 16.7. The molecular weight excluding hydrogens is 384 g/mol. The third-order valence-corrected chi connectivity index (χ3v) is 5.34. The number of pyridine rings is 1. The third kappa shape index (κ3) is 3.50. The maximum Gasteiger partial charge on any atom is 0.254 e. The zero-order valence-corrected chi connectivity index (χ0v) is 16.7. The largest absolute Gasteiger partial charge is 0.493 e. The number of aromatic nitrogens is 3. The summed E-state index contributed by atoms with van der Waals surface area (Å²) in [6.07, 6.45) is 4.05. The molecular formula is C22H22N4O4. The molecule has 0 saturated carbocycles. The molecule has 0 saturated heterocycles. The molecule has 2 aromatic heterocycles. The quantitative estimate of drug-likeness (QED) is 0.696. The number of nitrogens with zero attached hydrogens (tertiary/aromatic N) is 3. The molecule has 0 aliphatic carbocycles. The highest BCUT2D eigenvalue weighted by molar-refractivity contribution is 5.54. The van der Waals surface area contributed by atoms with Crippen molar-refractivity contribution in [2.75, 3.05) is 19.9 Å². The molecule has 0 unspecified atom stereocenters. The third-order valence-electron chi connectivity index (χ3n) is 5.34. The number of H-pyrrole nitrogens is 1. The van der Waals surface area contributed by atoms with Gasteiger partial charge in [0, 0.05) is 54.8 Å². The molecule has 8 heteroatoms. The fourth-order valence-electron chi connectivity index (χ4n) is 3.89. The van der Waals surface area contributed by atoms with E-state index in [0.717, 1.165) is 40.4 Å². The second kappa shape index (κ2) is 7.79. The molecule has 1 N–H and O–H groups in total. The van der Waals surface area contributed by atoms with Crippen LogP contribution in [0.4, 0.5) is 0 Å². The molecule has 1 aromatic carbocycles. The zero-order valence-electron chi connectivity index (χ0n) is 16.7. The Labute approximate surface area is 173 Å². The van der Waals surface area contributed by atoms with Crippen molar-refractivity contribution in [1.82, 2.24) is 19.9 Å². The summed E-state index contributed by atoms with van der Waals surface area (Å²) in [6.45, 7) is 4.78. The van der Waals surface area contributed by atoms with Crippen LogP contribution in [0.5, 0.6) is 17.2 Å². The predicted molar refractivity (Wildman–Crippen MR) is 110 cm³/mol. The normalized spacial score (nSPS) is 15.1. The lowest BCUT2D eigenvalue weighted by atomic mass is 10.0. The van der Waals surface area contributed by atoms with Crippen LogP contribution in [0.3, 0.4) is 0 Å². The first-order chi connectivity index (χ1) is 14.7. The fraction of sp³-hybridized carbons (Fsp3) is 0.318. The summed E-state index contributed by atoms with van der Waals surface area (Å²) in [6, 6.07) is 7.59. The Bertz CT molecular complexity index is 1130. The second-order valence-corrected chi connectivity index (χ2v) is 7.29. The summed E-state index contributed by atoms with van der Waals surface area (Å²) >= 11 is 0. The molecule has 2 aliphatic heterocycles. The van der Waals surface area contributed by atoms with Crippen molar-refractivity contribution in [1.29, 1.82) is 0 Å². The maximum atomic E-state index is 12.6. The van der Waals surface area contributed by atoms with Gasteiger partial charge in [-0.05, 0) is 31.5 Å². The molecule has 0 atom stereocenters. The van der Waals surface area contributed by atoms with E-state index in [4.69, 9.17) is 19.2 Å². The lowest BCUT2D eigenvalue weighted by molar-refractivity contribution is 0.173. The molecule has 0 fully saturated rings. The minimum absolute atomic E-state index is 0.0726. The van der Waals surface area contributed by atoms with Crippen molar-refractivity contribution in [3.63, 3.8) is 0 Å². The van der Waals surface area contributed by atoms with Crippen molar-refractivity contribution in [3.8, 4) is 28.6 Å². The van der Waals surface area contributed by atoms with Gasteiger partial charge in [0.2, 0.25) is 6.79 Å². The number of hydrogen-bond acceptors (Lipinski definition) is 7. The summed E-state index contributed by atoms with van der Waals surface area (Å²) < 4.78 is 16.8. The minimum Gasteiger partial charge on any atom is -0.493 e. The Morgan fingerprint density at radius 2 is 2.13 bits per heavy atom. The second-order valence-electron chi connectivity index (χ2n) is 7.29. The number of nitrogens with one attached hydrogen (secondary N) is 1. The van der Waals surface area contributed by atoms with Gasteiger partial charge in [-0.3, -0.25) is 14.7 Å². The predicted octanol–water partition coefficient (Wildman–Crippen LogP) is 2.52. The first-order valence-corrected chi connectivity index (χ1v) is 10.0. The molecule has 5 rings (SSSR count). The number of hydrogen-bond donors (Lipinski definition) is 1. The molecule has 2 aliphatic rings. The summed E-state index contributed by atoms with van der Waals surface area (Å²) in [7, 11) is 0. The van der Waals surface area contributed by atoms with Gasteiger partial charge in [-0.15, -0.1) is 0 Å². The molecule has 0 spiro atoms. The van der Waals surface area contributed by atoms with Crippen LogP contribution in [-0.4, -0.2) is 39.8 Å². The molecule has 30 heavy (non-hydrogen) atoms. The van der Waals surface area contributed by atoms with E-state index in [-0.39, 0.29) is 12.4 Å². The maximum absolute atomic E-state index is 12.6. The first-order valence-electron chi connectivity index (χ1n) is 10.0. The standard InChI is InChI=1S/C22H22N4O4/c1-2-28-18-9-20-19(29-13-30-20)8-15(18)11-26-7-5-16-17(12-26)24-21(25-22(16)27)14-4-3-6-23-10-14/h3-4,6,8-10H,2,5,7,11-13H2,1H3,(H,24,25,27). The van der Waals surface area contributed by atoms with E-state index in [1.54, 1.807) is 12.4 Å². The molecule has 3 aromatic rings. The van der Waals surface area contributed by atoms with Crippen LogP contribution >= 0.6 is 0 Å². The number of aromatic amines is 1. The van der Waals surface area contributed by atoms with E-state index in [1.807, 2.05) is 31.2 Å². The van der Waals surface area contributed by atoms with Crippen molar-refractivity contribution in [2.24, 2.45) is 0 Å². The molecule has 8 nitrogen and oxygen atoms in total. The molecule has 0 radical (unpaired) electrons. The SMILES string of the molecule is CCOc1cc2c(cc1CN1CCc3c(nc(-c4cccnc4)[nH]c3=O)C1)OCO2. The highest BCUT2D eigenvalue weighted by Crippen LogP contribution is 2.39. The average molecular weight is 406 g/mol. The highest BCUT2D eigenvalue weighted by Gasteiger charge is 2.24. The summed E-state index contributed by atoms with van der Waals surface area (Å²) in [4.78, 5) is 26.6. The van der Waals surface area contributed by atoms with Crippen LogP contribution in [0.25, 0.3) is 11.4 Å².